The van der Waals surface area contributed by atoms with Gasteiger partial charge in [-0.1, -0.05) is 0 Å². The lowest BCUT2D eigenvalue weighted by Gasteiger charge is -2.37. The standard InChI is InChI=1S/C20H30F2N4O2/c1-24(20(27)18-15-28-13-12-26(18)14-19(21)22)9-4-16-5-10-25(11-6-16)17-2-7-23-8-3-17/h2-3,7-8,16,18-19H,4-6,9-15H2,1H3. The molecule has 28 heavy (non-hydrogen) atoms. The third-order valence-corrected chi connectivity index (χ3v) is 5.79. The zero-order valence-electron chi connectivity index (χ0n) is 16.5. The number of piperidine rings is 1. The van der Waals surface area contributed by atoms with Crippen molar-refractivity contribution in [3.63, 3.8) is 0 Å². The van der Waals surface area contributed by atoms with Gasteiger partial charge in [0, 0.05) is 51.3 Å². The summed E-state index contributed by atoms with van der Waals surface area (Å²) in [5.74, 6) is 0.461. The molecule has 3 heterocycles. The first kappa shape index (κ1) is 20.9. The van der Waals surface area contributed by atoms with Gasteiger partial charge in [-0.2, -0.15) is 0 Å². The quantitative estimate of drug-likeness (QED) is 0.707. The van der Waals surface area contributed by atoms with Gasteiger partial charge < -0.3 is 14.5 Å². The first-order valence-corrected chi connectivity index (χ1v) is 10.0. The van der Waals surface area contributed by atoms with Gasteiger partial charge in [0.25, 0.3) is 6.43 Å². The van der Waals surface area contributed by atoms with Crippen LogP contribution < -0.4 is 4.90 Å². The van der Waals surface area contributed by atoms with Gasteiger partial charge in [0.1, 0.15) is 6.04 Å². The number of nitrogens with zero attached hydrogens (tertiary/aromatic N) is 4. The zero-order chi connectivity index (χ0) is 19.9. The number of anilines is 1. The summed E-state index contributed by atoms with van der Waals surface area (Å²) < 4.78 is 30.9. The summed E-state index contributed by atoms with van der Waals surface area (Å²) in [6.45, 7) is 3.26. The smallest absolute Gasteiger partial charge is 0.251 e. The number of pyridine rings is 1. The van der Waals surface area contributed by atoms with Crippen molar-refractivity contribution in [2.24, 2.45) is 5.92 Å². The van der Waals surface area contributed by atoms with Crippen molar-refractivity contribution in [3.05, 3.63) is 24.5 Å². The average Bonchev–Trinajstić information content (AvgIpc) is 2.72. The molecule has 6 nitrogen and oxygen atoms in total. The fourth-order valence-electron chi connectivity index (χ4n) is 4.04. The molecule has 2 aliphatic rings. The Bertz CT molecular complexity index is 611. The third kappa shape index (κ3) is 5.61. The van der Waals surface area contributed by atoms with Crippen molar-refractivity contribution < 1.29 is 18.3 Å². The van der Waals surface area contributed by atoms with Gasteiger partial charge in [-0.15, -0.1) is 0 Å². The van der Waals surface area contributed by atoms with Crippen LogP contribution in [0.5, 0.6) is 0 Å². The van der Waals surface area contributed by atoms with Crippen LogP contribution in [0.2, 0.25) is 0 Å². The molecule has 1 aromatic rings. The van der Waals surface area contributed by atoms with Crippen molar-refractivity contribution in [2.45, 2.75) is 31.7 Å². The maximum atomic E-state index is 12.8. The summed E-state index contributed by atoms with van der Waals surface area (Å²) in [7, 11) is 1.77. The van der Waals surface area contributed by atoms with Gasteiger partial charge >= 0.3 is 0 Å². The molecule has 0 aliphatic carbocycles. The van der Waals surface area contributed by atoms with Crippen LogP contribution >= 0.6 is 0 Å². The van der Waals surface area contributed by atoms with Crippen molar-refractivity contribution in [1.82, 2.24) is 14.8 Å². The number of hydrogen-bond acceptors (Lipinski definition) is 5. The number of carbonyl (C=O) groups is 1. The minimum absolute atomic E-state index is 0.116. The second-order valence-electron chi connectivity index (χ2n) is 7.66. The molecule has 0 bridgehead atoms. The van der Waals surface area contributed by atoms with Crippen molar-refractivity contribution in [2.75, 3.05) is 57.9 Å². The van der Waals surface area contributed by atoms with Crippen LogP contribution in [0.25, 0.3) is 0 Å². The van der Waals surface area contributed by atoms with E-state index in [0.717, 1.165) is 32.4 Å². The van der Waals surface area contributed by atoms with Gasteiger partial charge in [0.2, 0.25) is 5.91 Å². The number of carbonyl (C=O) groups excluding carboxylic acids is 1. The predicted octanol–water partition coefficient (Wildman–Crippen LogP) is 2.11. The molecule has 0 aromatic carbocycles. The number of aromatic nitrogens is 1. The molecule has 1 unspecified atom stereocenters. The van der Waals surface area contributed by atoms with E-state index in [-0.39, 0.29) is 19.1 Å². The Hall–Kier alpha value is -1.80. The van der Waals surface area contributed by atoms with E-state index in [0.29, 0.717) is 25.6 Å². The van der Waals surface area contributed by atoms with E-state index < -0.39 is 12.5 Å². The normalized spacial score (nSPS) is 21.9. The molecule has 2 fully saturated rings. The minimum atomic E-state index is -2.44. The first-order valence-electron chi connectivity index (χ1n) is 10.0. The highest BCUT2D eigenvalue weighted by molar-refractivity contribution is 5.82. The molecule has 0 saturated carbocycles. The maximum absolute atomic E-state index is 12.8. The summed E-state index contributed by atoms with van der Waals surface area (Å²) in [6.07, 6.45) is 4.31. The maximum Gasteiger partial charge on any atom is 0.251 e. The van der Waals surface area contributed by atoms with E-state index >= 15 is 0 Å². The monoisotopic (exact) mass is 396 g/mol. The second kappa shape index (κ2) is 10.1. The lowest BCUT2D eigenvalue weighted by Crippen LogP contribution is -2.55. The predicted molar refractivity (Wildman–Crippen MR) is 104 cm³/mol. The number of ether oxygens (including phenoxy) is 1. The van der Waals surface area contributed by atoms with Crippen LogP contribution in [0.3, 0.4) is 0 Å². The number of likely N-dealkylation sites (N-methyl/N-ethyl adjacent to an activating group) is 1. The van der Waals surface area contributed by atoms with E-state index in [1.54, 1.807) is 16.8 Å². The molecule has 3 rings (SSSR count). The molecule has 0 spiro atoms. The van der Waals surface area contributed by atoms with E-state index in [4.69, 9.17) is 4.74 Å². The van der Waals surface area contributed by atoms with Crippen LogP contribution in [0.1, 0.15) is 19.3 Å². The second-order valence-corrected chi connectivity index (χ2v) is 7.66. The third-order valence-electron chi connectivity index (χ3n) is 5.79. The number of rotatable bonds is 7. The Kier molecular flexibility index (Phi) is 7.56. The van der Waals surface area contributed by atoms with Crippen molar-refractivity contribution in [1.29, 1.82) is 0 Å². The highest BCUT2D eigenvalue weighted by Gasteiger charge is 2.33. The highest BCUT2D eigenvalue weighted by Crippen LogP contribution is 2.25. The van der Waals surface area contributed by atoms with E-state index in [2.05, 4.69) is 9.88 Å². The molecular weight excluding hydrogens is 366 g/mol. The van der Waals surface area contributed by atoms with Gasteiger partial charge in [-0.3, -0.25) is 14.7 Å². The highest BCUT2D eigenvalue weighted by atomic mass is 19.3. The molecule has 1 aromatic heterocycles. The Labute approximate surface area is 165 Å². The number of morpholine rings is 1. The van der Waals surface area contributed by atoms with Crippen LogP contribution in [0.15, 0.2) is 24.5 Å². The Morgan fingerprint density at radius 2 is 2.00 bits per heavy atom. The summed E-state index contributed by atoms with van der Waals surface area (Å²) in [6, 6.07) is 3.47. The lowest BCUT2D eigenvalue weighted by atomic mass is 9.93. The van der Waals surface area contributed by atoms with E-state index in [1.165, 1.54) is 5.69 Å². The SMILES string of the molecule is CN(CCC1CCN(c2ccncc2)CC1)C(=O)C1COCCN1CC(F)F. The summed E-state index contributed by atoms with van der Waals surface area (Å²) in [5.41, 5.74) is 1.21. The summed E-state index contributed by atoms with van der Waals surface area (Å²) in [5, 5.41) is 0. The minimum Gasteiger partial charge on any atom is -0.378 e. The van der Waals surface area contributed by atoms with E-state index in [9.17, 15) is 13.6 Å². The molecule has 1 atom stereocenters. The fraction of sp³-hybridized carbons (Fsp3) is 0.700. The summed E-state index contributed by atoms with van der Waals surface area (Å²) in [4.78, 5) is 22.4. The number of hydrogen-bond donors (Lipinski definition) is 0. The van der Waals surface area contributed by atoms with Gasteiger partial charge in [0.15, 0.2) is 0 Å². The molecule has 1 amide bonds. The topological polar surface area (TPSA) is 48.9 Å². The zero-order valence-corrected chi connectivity index (χ0v) is 16.5. The number of halogens is 2. The Morgan fingerprint density at radius 3 is 2.68 bits per heavy atom. The van der Waals surface area contributed by atoms with Crippen molar-refractivity contribution >= 4 is 11.6 Å². The average molecular weight is 396 g/mol. The van der Waals surface area contributed by atoms with Crippen LogP contribution in [-0.4, -0.2) is 86.1 Å². The largest absolute Gasteiger partial charge is 0.378 e. The number of amides is 1. The van der Waals surface area contributed by atoms with Gasteiger partial charge in [-0.25, -0.2) is 8.78 Å². The lowest BCUT2D eigenvalue weighted by molar-refractivity contribution is -0.143. The first-order chi connectivity index (χ1) is 13.5. The molecule has 2 saturated heterocycles. The van der Waals surface area contributed by atoms with Crippen LogP contribution in [-0.2, 0) is 9.53 Å². The van der Waals surface area contributed by atoms with Gasteiger partial charge in [-0.05, 0) is 37.3 Å². The van der Waals surface area contributed by atoms with Gasteiger partial charge in [0.05, 0.1) is 19.8 Å². The fourth-order valence-corrected chi connectivity index (χ4v) is 4.04. The van der Waals surface area contributed by atoms with Crippen molar-refractivity contribution in [3.8, 4) is 0 Å². The van der Waals surface area contributed by atoms with E-state index in [1.807, 2.05) is 24.5 Å². The number of alkyl halides is 2. The Balaban J connectivity index is 1.43. The van der Waals surface area contributed by atoms with Crippen LogP contribution in [0.4, 0.5) is 14.5 Å². The summed E-state index contributed by atoms with van der Waals surface area (Å²) >= 11 is 0. The molecule has 8 heteroatoms. The molecular formula is C20H30F2N4O2. The van der Waals surface area contributed by atoms with Crippen LogP contribution in [0, 0.1) is 5.92 Å². The molecule has 2 aliphatic heterocycles. The molecule has 156 valence electrons. The molecule has 0 N–H and O–H groups in total. The molecule has 0 radical (unpaired) electrons. The Morgan fingerprint density at radius 1 is 1.29 bits per heavy atom.